The molecule has 1 spiro atoms. The topological polar surface area (TPSA) is 43.9 Å². The predicted octanol–water partition coefficient (Wildman–Crippen LogP) is 2.70. The van der Waals surface area contributed by atoms with Crippen LogP contribution in [0.4, 0.5) is 4.79 Å². The lowest BCUT2D eigenvalue weighted by Crippen LogP contribution is -2.43. The van der Waals surface area contributed by atoms with E-state index >= 15 is 0 Å². The monoisotopic (exact) mass is 347 g/mol. The van der Waals surface area contributed by atoms with E-state index in [1.807, 2.05) is 23.2 Å². The molecule has 3 aliphatic rings. The number of aryl methyl sites for hydroxylation is 1. The molecule has 4 rings (SSSR count). The van der Waals surface area contributed by atoms with Crippen molar-refractivity contribution in [3.05, 3.63) is 21.9 Å². The number of likely N-dealkylation sites (tertiary alicyclic amines) is 1. The quantitative estimate of drug-likeness (QED) is 0.790. The Morgan fingerprint density at radius 2 is 2.00 bits per heavy atom. The van der Waals surface area contributed by atoms with Crippen LogP contribution in [0.1, 0.15) is 35.9 Å². The third-order valence-corrected chi connectivity index (χ3v) is 6.93. The summed E-state index contributed by atoms with van der Waals surface area (Å²) < 4.78 is 0. The van der Waals surface area contributed by atoms with Gasteiger partial charge < -0.3 is 4.90 Å². The van der Waals surface area contributed by atoms with Gasteiger partial charge in [0.2, 0.25) is 0 Å². The Bertz CT molecular complexity index is 637. The molecule has 24 heavy (non-hydrogen) atoms. The van der Waals surface area contributed by atoms with Crippen LogP contribution in [0.3, 0.4) is 0 Å². The highest BCUT2D eigenvalue weighted by Gasteiger charge is 2.55. The summed E-state index contributed by atoms with van der Waals surface area (Å²) in [5.41, 5.74) is 0.164. The normalized spacial score (nSPS) is 26.7. The van der Waals surface area contributed by atoms with Crippen molar-refractivity contribution in [1.82, 2.24) is 14.7 Å². The van der Waals surface area contributed by atoms with Gasteiger partial charge in [0.25, 0.3) is 5.91 Å². The number of carbonyl (C=O) groups excluding carboxylic acids is 2. The molecule has 1 aromatic rings. The Balaban J connectivity index is 1.38. The van der Waals surface area contributed by atoms with Gasteiger partial charge in [-0.15, -0.1) is 11.3 Å². The molecule has 0 aliphatic carbocycles. The van der Waals surface area contributed by atoms with Crippen LogP contribution in [-0.4, -0.2) is 58.9 Å². The number of nitrogens with zero attached hydrogens (tertiary/aromatic N) is 3. The van der Waals surface area contributed by atoms with Crippen molar-refractivity contribution in [3.63, 3.8) is 0 Å². The Kier molecular flexibility index (Phi) is 3.92. The van der Waals surface area contributed by atoms with Crippen molar-refractivity contribution in [2.45, 2.75) is 45.7 Å². The average Bonchev–Trinajstić information content (AvgIpc) is 3.19. The van der Waals surface area contributed by atoms with E-state index in [1.54, 1.807) is 0 Å². The molecule has 3 amide bonds. The van der Waals surface area contributed by atoms with Gasteiger partial charge in [0.05, 0.1) is 0 Å². The molecule has 4 heterocycles. The van der Waals surface area contributed by atoms with Crippen molar-refractivity contribution in [2.75, 3.05) is 26.2 Å². The lowest BCUT2D eigenvalue weighted by molar-refractivity contribution is -0.128. The highest BCUT2D eigenvalue weighted by molar-refractivity contribution is 7.11. The number of hydrogen-bond donors (Lipinski definition) is 0. The van der Waals surface area contributed by atoms with Gasteiger partial charge >= 0.3 is 6.03 Å². The van der Waals surface area contributed by atoms with Crippen molar-refractivity contribution < 1.29 is 9.59 Å². The van der Waals surface area contributed by atoms with E-state index in [1.165, 1.54) is 14.7 Å². The lowest BCUT2D eigenvalue weighted by Gasteiger charge is -2.39. The molecular formula is C18H25N3O2S. The molecule has 130 valence electrons. The predicted molar refractivity (Wildman–Crippen MR) is 93.9 cm³/mol. The molecule has 0 saturated carbocycles. The third-order valence-electron chi connectivity index (χ3n) is 5.94. The number of thiophene rings is 1. The number of hydrogen-bond acceptors (Lipinski definition) is 4. The number of imide groups is 1. The molecule has 5 nitrogen and oxygen atoms in total. The zero-order valence-corrected chi connectivity index (χ0v) is 15.3. The van der Waals surface area contributed by atoms with E-state index in [0.717, 1.165) is 45.4 Å². The zero-order chi connectivity index (χ0) is 16.9. The SMILES string of the molecule is CCN1C(=O)C2CC3(CCN(Cc4ccc(C)s4)CC3)CN2C1=O. The van der Waals surface area contributed by atoms with Crippen LogP contribution in [0, 0.1) is 12.3 Å². The second-order valence-electron chi connectivity index (χ2n) is 7.50. The van der Waals surface area contributed by atoms with Crippen molar-refractivity contribution in [3.8, 4) is 0 Å². The van der Waals surface area contributed by atoms with Crippen LogP contribution in [0.5, 0.6) is 0 Å². The Morgan fingerprint density at radius 1 is 1.25 bits per heavy atom. The van der Waals surface area contributed by atoms with Gasteiger partial charge in [-0.05, 0) is 63.7 Å². The van der Waals surface area contributed by atoms with Gasteiger partial charge in [0.1, 0.15) is 6.04 Å². The smallest absolute Gasteiger partial charge is 0.312 e. The van der Waals surface area contributed by atoms with Crippen LogP contribution < -0.4 is 0 Å². The molecule has 3 fully saturated rings. The first-order valence-electron chi connectivity index (χ1n) is 8.91. The van der Waals surface area contributed by atoms with Crippen LogP contribution in [-0.2, 0) is 11.3 Å². The third kappa shape index (κ3) is 2.56. The number of amides is 3. The Morgan fingerprint density at radius 3 is 2.58 bits per heavy atom. The molecule has 3 saturated heterocycles. The molecule has 0 radical (unpaired) electrons. The van der Waals surface area contributed by atoms with Crippen LogP contribution in [0.2, 0.25) is 0 Å². The molecule has 0 N–H and O–H groups in total. The fourth-order valence-corrected chi connectivity index (χ4v) is 5.47. The number of urea groups is 1. The van der Waals surface area contributed by atoms with Crippen molar-refractivity contribution in [2.24, 2.45) is 5.41 Å². The first kappa shape index (κ1) is 16.1. The average molecular weight is 347 g/mol. The van der Waals surface area contributed by atoms with E-state index in [0.29, 0.717) is 6.54 Å². The minimum atomic E-state index is -0.191. The van der Waals surface area contributed by atoms with Gasteiger partial charge in [-0.1, -0.05) is 0 Å². The largest absolute Gasteiger partial charge is 0.327 e. The minimum Gasteiger partial charge on any atom is -0.312 e. The van der Waals surface area contributed by atoms with E-state index in [9.17, 15) is 9.59 Å². The summed E-state index contributed by atoms with van der Waals surface area (Å²) in [7, 11) is 0. The number of rotatable bonds is 3. The molecule has 3 aliphatic heterocycles. The van der Waals surface area contributed by atoms with Gasteiger partial charge in [-0.2, -0.15) is 0 Å². The lowest BCUT2D eigenvalue weighted by atomic mass is 9.76. The molecule has 1 aromatic heterocycles. The standard InChI is InChI=1S/C18H25N3O2S/c1-3-20-16(22)15-10-18(12-21(15)17(20)23)6-8-19(9-7-18)11-14-5-4-13(2)24-14/h4-5,15H,3,6-12H2,1-2H3. The summed E-state index contributed by atoms with van der Waals surface area (Å²) in [5.74, 6) is 0.0239. The van der Waals surface area contributed by atoms with Gasteiger partial charge in [-0.3, -0.25) is 14.6 Å². The number of likely N-dealkylation sites (N-methyl/N-ethyl adjacent to an activating group) is 1. The summed E-state index contributed by atoms with van der Waals surface area (Å²) in [6.45, 7) is 8.45. The maximum absolute atomic E-state index is 12.4. The number of fused-ring (bicyclic) bond motifs is 1. The summed E-state index contributed by atoms with van der Waals surface area (Å²) in [6, 6.07) is 4.16. The summed E-state index contributed by atoms with van der Waals surface area (Å²) >= 11 is 1.88. The fraction of sp³-hybridized carbons (Fsp3) is 0.667. The first-order chi connectivity index (χ1) is 11.5. The second kappa shape index (κ2) is 5.85. The van der Waals surface area contributed by atoms with Gasteiger partial charge in [0.15, 0.2) is 0 Å². The maximum atomic E-state index is 12.4. The molecule has 0 aromatic carbocycles. The fourth-order valence-electron chi connectivity index (χ4n) is 4.54. The highest BCUT2D eigenvalue weighted by Crippen LogP contribution is 2.46. The van der Waals surface area contributed by atoms with Crippen molar-refractivity contribution >= 4 is 23.3 Å². The molecule has 1 atom stereocenters. The highest BCUT2D eigenvalue weighted by atomic mass is 32.1. The second-order valence-corrected chi connectivity index (χ2v) is 8.87. The van der Waals surface area contributed by atoms with Gasteiger partial charge in [0, 0.05) is 29.4 Å². The summed E-state index contributed by atoms with van der Waals surface area (Å²) in [5, 5.41) is 0. The van der Waals surface area contributed by atoms with Crippen LogP contribution in [0.15, 0.2) is 12.1 Å². The summed E-state index contributed by atoms with van der Waals surface area (Å²) in [6.07, 6.45) is 3.05. The molecular weight excluding hydrogens is 322 g/mol. The Labute approximate surface area is 147 Å². The van der Waals surface area contributed by atoms with Gasteiger partial charge in [-0.25, -0.2) is 4.79 Å². The van der Waals surface area contributed by atoms with Crippen molar-refractivity contribution in [1.29, 1.82) is 0 Å². The molecule has 1 unspecified atom stereocenters. The Hall–Kier alpha value is -1.40. The van der Waals surface area contributed by atoms with E-state index in [2.05, 4.69) is 24.0 Å². The zero-order valence-electron chi connectivity index (χ0n) is 14.5. The van der Waals surface area contributed by atoms with E-state index < -0.39 is 0 Å². The molecule has 6 heteroatoms. The van der Waals surface area contributed by atoms with E-state index in [-0.39, 0.29) is 23.4 Å². The summed E-state index contributed by atoms with van der Waals surface area (Å²) in [4.78, 5) is 33.4. The minimum absolute atomic E-state index is 0.0239. The number of piperidine rings is 1. The number of carbonyl (C=O) groups is 2. The first-order valence-corrected chi connectivity index (χ1v) is 9.73. The van der Waals surface area contributed by atoms with Crippen LogP contribution in [0.25, 0.3) is 0 Å². The molecule has 0 bridgehead atoms. The van der Waals surface area contributed by atoms with E-state index in [4.69, 9.17) is 0 Å². The maximum Gasteiger partial charge on any atom is 0.327 e. The van der Waals surface area contributed by atoms with Crippen LogP contribution >= 0.6 is 11.3 Å².